The van der Waals surface area contributed by atoms with E-state index in [1.807, 2.05) is 0 Å². The molecule has 0 unspecified atom stereocenters. The van der Waals surface area contributed by atoms with Gasteiger partial charge in [0.25, 0.3) is 6.43 Å². The summed E-state index contributed by atoms with van der Waals surface area (Å²) in [5, 5.41) is -0.107. The molecule has 1 aliphatic carbocycles. The van der Waals surface area contributed by atoms with E-state index in [1.54, 1.807) is 13.0 Å². The van der Waals surface area contributed by atoms with Gasteiger partial charge in [-0.2, -0.15) is 0 Å². The van der Waals surface area contributed by atoms with Crippen molar-refractivity contribution < 1.29 is 27.1 Å². The summed E-state index contributed by atoms with van der Waals surface area (Å²) in [6.45, 7) is 3.18. The molecule has 10 heteroatoms. The minimum atomic E-state index is -2.70. The van der Waals surface area contributed by atoms with E-state index in [0.717, 1.165) is 17.8 Å². The van der Waals surface area contributed by atoms with Gasteiger partial charge in [-0.1, -0.05) is 17.7 Å². The smallest absolute Gasteiger partial charge is 0.253 e. The first kappa shape index (κ1) is 24.1. The van der Waals surface area contributed by atoms with E-state index < -0.39 is 40.0 Å². The van der Waals surface area contributed by atoms with Crippen LogP contribution in [0.2, 0.25) is 0 Å². The van der Waals surface area contributed by atoms with Crippen LogP contribution in [-0.2, 0) is 12.0 Å². The Kier molecular flexibility index (Phi) is 6.10. The number of aromatic nitrogens is 1. The molecule has 1 saturated carbocycles. The van der Waals surface area contributed by atoms with Crippen LogP contribution in [0, 0.1) is 36.8 Å². The number of aryl methyl sites for hydroxylation is 1. The quantitative estimate of drug-likeness (QED) is 0.353. The fraction of sp³-hybridized carbons (Fsp3) is 0.375. The molecular weight excluding hydrogens is 470 g/mol. The Balaban J connectivity index is 1.65. The van der Waals surface area contributed by atoms with Crippen molar-refractivity contribution in [1.82, 2.24) is 4.98 Å². The second-order valence-electron chi connectivity index (χ2n) is 8.58. The molecule has 2 aliphatic rings. The number of aliphatic imine (C=N–C) groups is 1. The van der Waals surface area contributed by atoms with Crippen molar-refractivity contribution in [3.05, 3.63) is 58.4 Å². The number of Topliss-reactive ketones (excluding diaryl/α,β-unsaturated/α-hetero) is 1. The summed E-state index contributed by atoms with van der Waals surface area (Å²) in [6, 6.07) is 3.82. The van der Waals surface area contributed by atoms with E-state index in [2.05, 4.69) is 15.9 Å². The number of fused-ring (bicyclic) bond motifs is 1. The monoisotopic (exact) mass is 491 g/mol. The zero-order valence-electron chi connectivity index (χ0n) is 18.4. The summed E-state index contributed by atoms with van der Waals surface area (Å²) in [4.78, 5) is 21.3. The van der Waals surface area contributed by atoms with Crippen molar-refractivity contribution in [2.24, 2.45) is 16.6 Å². The van der Waals surface area contributed by atoms with Gasteiger partial charge < -0.3 is 10.5 Å². The Morgan fingerprint density at radius 3 is 2.76 bits per heavy atom. The van der Waals surface area contributed by atoms with Crippen LogP contribution in [0.1, 0.15) is 40.5 Å². The second-order valence-corrected chi connectivity index (χ2v) is 9.96. The Morgan fingerprint density at radius 1 is 1.38 bits per heavy atom. The molecule has 4 rings (SSSR count). The molecule has 1 aromatic heterocycles. The maximum absolute atomic E-state index is 14.9. The normalized spacial score (nSPS) is 25.4. The number of nitrogens with zero attached hydrogens (tertiary/aromatic N) is 2. The van der Waals surface area contributed by atoms with Gasteiger partial charge in [-0.3, -0.25) is 9.79 Å². The van der Waals surface area contributed by atoms with Crippen LogP contribution < -0.4 is 10.5 Å². The number of pyridine rings is 1. The lowest BCUT2D eigenvalue weighted by Crippen LogP contribution is -2.39. The van der Waals surface area contributed by atoms with Gasteiger partial charge in [0.2, 0.25) is 0 Å². The Morgan fingerprint density at radius 2 is 2.12 bits per heavy atom. The van der Waals surface area contributed by atoms with Gasteiger partial charge >= 0.3 is 0 Å². The number of hydrogen-bond acceptors (Lipinski definition) is 6. The van der Waals surface area contributed by atoms with E-state index in [0.29, 0.717) is 11.3 Å². The molecule has 0 spiro atoms. The van der Waals surface area contributed by atoms with Crippen LogP contribution in [0.5, 0.6) is 5.75 Å². The minimum absolute atomic E-state index is 0.0458. The highest BCUT2D eigenvalue weighted by Gasteiger charge is 2.71. The minimum Gasteiger partial charge on any atom is -0.479 e. The summed E-state index contributed by atoms with van der Waals surface area (Å²) < 4.78 is 60.8. The standard InChI is InChI=1S/C24H21F4N3O2S/c1-4-5-33-14-6-12(2)20(30-11-14)17(32)9-13-7-15(19(26)16(25)8-13)23(3)18-10-24(18,21(27)28)34-22(29)31-23/h1,6-8,11,18,21H,5,9-10H2,2-3H3,(H2,29,31)/t18-,23+,24-/m0/s1. The Hall–Kier alpha value is -3.06. The summed E-state index contributed by atoms with van der Waals surface area (Å²) in [6.07, 6.45) is 3.60. The third-order valence-corrected chi connectivity index (χ3v) is 7.59. The fourth-order valence-electron chi connectivity index (χ4n) is 4.53. The molecule has 2 heterocycles. The van der Waals surface area contributed by atoms with Crippen molar-refractivity contribution in [2.45, 2.75) is 43.4 Å². The van der Waals surface area contributed by atoms with Crippen LogP contribution in [0.15, 0.2) is 29.4 Å². The van der Waals surface area contributed by atoms with E-state index in [4.69, 9.17) is 16.9 Å². The van der Waals surface area contributed by atoms with Crippen molar-refractivity contribution in [3.8, 4) is 18.1 Å². The van der Waals surface area contributed by atoms with Crippen LogP contribution in [-0.4, -0.2) is 33.7 Å². The lowest BCUT2D eigenvalue weighted by Gasteiger charge is -2.34. The SMILES string of the molecule is C#CCOc1cnc(C(=O)Cc2cc(F)c(F)c([C@@]3(C)N=C(N)S[C@@]4(C(F)F)C[C@@H]34)c2)c(C)c1. The van der Waals surface area contributed by atoms with E-state index in [-0.39, 0.29) is 41.4 Å². The van der Waals surface area contributed by atoms with Gasteiger partial charge in [0.15, 0.2) is 22.6 Å². The van der Waals surface area contributed by atoms with Gasteiger partial charge in [0.1, 0.15) is 18.1 Å². The van der Waals surface area contributed by atoms with Gasteiger partial charge in [0, 0.05) is 17.9 Å². The topological polar surface area (TPSA) is 77.6 Å². The molecule has 1 aromatic carbocycles. The first-order valence-electron chi connectivity index (χ1n) is 10.4. The average molecular weight is 492 g/mol. The number of rotatable bonds is 7. The summed E-state index contributed by atoms with van der Waals surface area (Å²) >= 11 is 0.776. The number of terminal acetylenes is 1. The first-order valence-corrected chi connectivity index (χ1v) is 11.2. The van der Waals surface area contributed by atoms with E-state index in [9.17, 15) is 22.4 Å². The number of amidine groups is 1. The number of halogens is 4. The van der Waals surface area contributed by atoms with Crippen LogP contribution in [0.4, 0.5) is 17.6 Å². The third kappa shape index (κ3) is 4.02. The molecule has 0 saturated heterocycles. The Bertz CT molecular complexity index is 1250. The number of benzene rings is 1. The molecule has 34 heavy (non-hydrogen) atoms. The number of carbonyl (C=O) groups is 1. The summed E-state index contributed by atoms with van der Waals surface area (Å²) in [5.41, 5.74) is 4.96. The van der Waals surface area contributed by atoms with Crippen LogP contribution in [0.3, 0.4) is 0 Å². The number of thioether (sulfide) groups is 1. The van der Waals surface area contributed by atoms with Gasteiger partial charge in [-0.05, 0) is 49.6 Å². The second kappa shape index (κ2) is 8.62. The fourth-order valence-corrected chi connectivity index (χ4v) is 5.87. The van der Waals surface area contributed by atoms with Crippen molar-refractivity contribution in [2.75, 3.05) is 6.61 Å². The zero-order valence-corrected chi connectivity index (χ0v) is 19.2. The summed E-state index contributed by atoms with van der Waals surface area (Å²) in [7, 11) is 0. The number of hydrogen-bond donors (Lipinski definition) is 1. The van der Waals surface area contributed by atoms with Crippen molar-refractivity contribution >= 4 is 22.7 Å². The maximum atomic E-state index is 14.9. The predicted molar refractivity (Wildman–Crippen MR) is 121 cm³/mol. The number of alkyl halides is 2. The molecule has 2 aromatic rings. The van der Waals surface area contributed by atoms with E-state index >= 15 is 0 Å². The molecule has 0 amide bonds. The molecule has 1 aliphatic heterocycles. The zero-order chi connectivity index (χ0) is 24.8. The highest BCUT2D eigenvalue weighted by atomic mass is 32.2. The Labute approximate surface area is 198 Å². The highest BCUT2D eigenvalue weighted by molar-refractivity contribution is 8.15. The first-order chi connectivity index (χ1) is 16.0. The van der Waals surface area contributed by atoms with Crippen LogP contribution in [0.25, 0.3) is 0 Å². The molecule has 2 N–H and O–H groups in total. The number of ether oxygens (including phenoxy) is 1. The molecule has 0 radical (unpaired) electrons. The van der Waals surface area contributed by atoms with Gasteiger partial charge in [-0.25, -0.2) is 22.5 Å². The lowest BCUT2D eigenvalue weighted by molar-refractivity contribution is 0.0987. The van der Waals surface area contributed by atoms with Crippen molar-refractivity contribution in [3.63, 3.8) is 0 Å². The summed E-state index contributed by atoms with van der Waals surface area (Å²) in [5.74, 6) is -0.824. The highest BCUT2D eigenvalue weighted by Crippen LogP contribution is 2.68. The lowest BCUT2D eigenvalue weighted by atomic mass is 9.84. The number of nitrogens with two attached hydrogens (primary N) is 1. The average Bonchev–Trinajstić information content (AvgIpc) is 3.51. The number of carbonyl (C=O) groups excluding carboxylic acids is 1. The molecule has 0 bridgehead atoms. The molecule has 1 fully saturated rings. The van der Waals surface area contributed by atoms with Crippen LogP contribution >= 0.6 is 11.8 Å². The molecule has 5 nitrogen and oxygen atoms in total. The van der Waals surface area contributed by atoms with Crippen molar-refractivity contribution in [1.29, 1.82) is 0 Å². The van der Waals surface area contributed by atoms with Gasteiger partial charge in [-0.15, -0.1) is 6.42 Å². The number of ketones is 1. The van der Waals surface area contributed by atoms with E-state index in [1.165, 1.54) is 19.2 Å². The third-order valence-electron chi connectivity index (χ3n) is 6.28. The predicted octanol–water partition coefficient (Wildman–Crippen LogP) is 4.41. The maximum Gasteiger partial charge on any atom is 0.253 e. The molecular formula is C24H21F4N3O2S. The molecule has 178 valence electrons. The molecule has 3 atom stereocenters. The largest absolute Gasteiger partial charge is 0.479 e. The van der Waals surface area contributed by atoms with Gasteiger partial charge in [0.05, 0.1) is 16.5 Å².